The molecule has 1 aromatic rings. The molecule has 12 heavy (non-hydrogen) atoms. The van der Waals surface area contributed by atoms with E-state index < -0.39 is 21.2 Å². The van der Waals surface area contributed by atoms with Gasteiger partial charge in [0.15, 0.2) is 0 Å². The Labute approximate surface area is 81.1 Å². The molecule has 0 atom stereocenters. The van der Waals surface area contributed by atoms with Crippen LogP contribution in [-0.4, -0.2) is 21.2 Å². The molecule has 3 nitrogen and oxygen atoms in total. The molecule has 0 spiro atoms. The van der Waals surface area contributed by atoms with Crippen LogP contribution in [0.2, 0.25) is 0 Å². The van der Waals surface area contributed by atoms with Gasteiger partial charge in [0.05, 0.1) is 8.22 Å². The Bertz CT molecular complexity index is 374. The molecule has 64 valence electrons. The van der Waals surface area contributed by atoms with E-state index in [1.54, 1.807) is 0 Å². The molecule has 0 fully saturated rings. The first kappa shape index (κ1) is 3.81. The van der Waals surface area contributed by atoms with E-state index in [4.69, 9.17) is 14.0 Å². The maximum Gasteiger partial charge on any atom is 0.493 e. The van der Waals surface area contributed by atoms with Gasteiger partial charge in [-0.05, 0) is 17.6 Å². The Balaban J connectivity index is 2.93. The molecule has 0 amide bonds. The van der Waals surface area contributed by atoms with Crippen LogP contribution < -0.4 is 11.2 Å². The highest BCUT2D eigenvalue weighted by Gasteiger charge is 2.16. The van der Waals surface area contributed by atoms with Crippen LogP contribution >= 0.6 is 0 Å². The summed E-state index contributed by atoms with van der Waals surface area (Å²) in [5.74, 6) is 0. The average Bonchev–Trinajstić information content (AvgIpc) is 2.13. The van der Waals surface area contributed by atoms with Crippen LogP contribution in [0.5, 0.6) is 0 Å². The first-order chi connectivity index (χ1) is 8.07. The van der Waals surface area contributed by atoms with Crippen LogP contribution in [0.1, 0.15) is 8.22 Å². The molecule has 2 N–H and O–H groups in total. The van der Waals surface area contributed by atoms with E-state index in [1.807, 2.05) is 0 Å². The zero-order valence-corrected chi connectivity index (χ0v) is 6.28. The van der Waals surface area contributed by atoms with Gasteiger partial charge in [-0.25, -0.2) is 0 Å². The summed E-state index contributed by atoms with van der Waals surface area (Å²) >= 11 is 0. The van der Waals surface area contributed by atoms with E-state index in [1.165, 1.54) is 24.3 Å². The van der Waals surface area contributed by atoms with E-state index in [-0.39, 0.29) is 5.46 Å². The van der Waals surface area contributed by atoms with E-state index >= 15 is 0 Å². The quantitative estimate of drug-likeness (QED) is 0.523. The molecular weight excluding hydrogens is 153 g/mol. The number of hydrogen-bond acceptors (Lipinski definition) is 3. The van der Waals surface area contributed by atoms with Crippen molar-refractivity contribution in [1.82, 2.24) is 0 Å². The van der Waals surface area contributed by atoms with E-state index in [2.05, 4.69) is 9.31 Å². The lowest BCUT2D eigenvalue weighted by atomic mass is 9.79. The number of hydrogen-bond donors (Lipinski definition) is 1. The van der Waals surface area contributed by atoms with E-state index in [9.17, 15) is 0 Å². The predicted molar refractivity (Wildman–Crippen MR) is 50.3 cm³/mol. The second-order valence-electron chi connectivity index (χ2n) is 2.23. The molecule has 0 radical (unpaired) electrons. The van der Waals surface area contributed by atoms with Crippen molar-refractivity contribution in [2.75, 3.05) is 19.8 Å². The molecule has 0 bridgehead atoms. The molecule has 0 saturated carbocycles. The first-order valence-corrected chi connectivity index (χ1v) is 3.28. The van der Waals surface area contributed by atoms with Crippen molar-refractivity contribution in [3.63, 3.8) is 0 Å². The third kappa shape index (κ3) is 2.00. The molecule has 1 aromatic carbocycles. The summed E-state index contributed by atoms with van der Waals surface area (Å²) in [4.78, 5) is 0. The third-order valence-electron chi connectivity index (χ3n) is 1.42. The number of benzene rings is 1. The highest BCUT2D eigenvalue weighted by atomic mass is 16.6. The highest BCUT2D eigenvalue weighted by molar-refractivity contribution is 6.61. The van der Waals surface area contributed by atoms with Gasteiger partial charge in [-0.3, -0.25) is 0 Å². The zero-order chi connectivity index (χ0) is 14.0. The van der Waals surface area contributed by atoms with Gasteiger partial charge in [0.1, 0.15) is 0 Å². The summed E-state index contributed by atoms with van der Waals surface area (Å²) in [5.41, 5.74) is 6.20. The molecule has 0 saturated heterocycles. The summed E-state index contributed by atoms with van der Waals surface area (Å²) in [7, 11) is -7.04. The van der Waals surface area contributed by atoms with Crippen molar-refractivity contribution in [2.45, 2.75) is 0 Å². The van der Waals surface area contributed by atoms with Gasteiger partial charge in [-0.2, -0.15) is 0 Å². The molecular formula is C8H12BNO2. The van der Waals surface area contributed by atoms with E-state index in [0.29, 0.717) is 5.69 Å². The Morgan fingerprint density at radius 3 is 2.33 bits per heavy atom. The van der Waals surface area contributed by atoms with Crippen LogP contribution in [0.25, 0.3) is 0 Å². The second kappa shape index (κ2) is 4.14. The number of nitrogen functional groups attached to an aromatic ring is 1. The van der Waals surface area contributed by atoms with Gasteiger partial charge in [0.2, 0.25) is 0 Å². The fourth-order valence-electron chi connectivity index (χ4n) is 0.813. The fraction of sp³-hybridized carbons (Fsp3) is 0.250. The Morgan fingerprint density at radius 2 is 1.83 bits per heavy atom. The topological polar surface area (TPSA) is 44.5 Å². The van der Waals surface area contributed by atoms with Gasteiger partial charge in [-0.1, -0.05) is 12.1 Å². The first-order valence-electron chi connectivity index (χ1n) is 6.28. The number of anilines is 1. The van der Waals surface area contributed by atoms with Gasteiger partial charge in [0, 0.05) is 19.8 Å². The van der Waals surface area contributed by atoms with Crippen molar-refractivity contribution >= 4 is 18.3 Å². The molecule has 0 unspecified atom stereocenters. The van der Waals surface area contributed by atoms with Crippen molar-refractivity contribution in [1.29, 1.82) is 0 Å². The lowest BCUT2D eigenvalue weighted by Crippen LogP contribution is -2.34. The van der Waals surface area contributed by atoms with Crippen LogP contribution in [0, 0.1) is 0 Å². The maximum absolute atomic E-state index is 6.98. The molecule has 0 aliphatic heterocycles. The average molecular weight is 171 g/mol. The minimum absolute atomic E-state index is 0.261. The minimum Gasteiger partial charge on any atom is -0.410 e. The molecule has 0 aromatic heterocycles. The third-order valence-corrected chi connectivity index (χ3v) is 1.42. The predicted octanol–water partition coefficient (Wildman–Crippen LogP) is 0.257. The van der Waals surface area contributed by atoms with Crippen LogP contribution in [0.3, 0.4) is 0 Å². The lowest BCUT2D eigenvalue weighted by molar-refractivity contribution is 0.292. The lowest BCUT2D eigenvalue weighted by Gasteiger charge is -2.07. The summed E-state index contributed by atoms with van der Waals surface area (Å²) in [6.07, 6.45) is 0. The fourth-order valence-corrected chi connectivity index (χ4v) is 0.813. The Hall–Kier alpha value is -0.995. The largest absolute Gasteiger partial charge is 0.493 e. The van der Waals surface area contributed by atoms with Crippen molar-refractivity contribution in [2.24, 2.45) is 0 Å². The summed E-state index contributed by atoms with van der Waals surface area (Å²) in [6.45, 7) is 0. The molecule has 0 aliphatic carbocycles. The zero-order valence-electron chi connectivity index (χ0n) is 12.3. The second-order valence-corrected chi connectivity index (χ2v) is 2.23. The van der Waals surface area contributed by atoms with E-state index in [0.717, 1.165) is 0 Å². The Kier molecular flexibility index (Phi) is 1.31. The normalized spacial score (nSPS) is 19.3. The maximum atomic E-state index is 6.98. The van der Waals surface area contributed by atoms with Gasteiger partial charge >= 0.3 is 7.12 Å². The monoisotopic (exact) mass is 171 g/mol. The summed E-state index contributed by atoms with van der Waals surface area (Å²) < 4.78 is 51.1. The summed E-state index contributed by atoms with van der Waals surface area (Å²) in [6, 6.07) is 5.87. The van der Waals surface area contributed by atoms with Gasteiger partial charge in [0.25, 0.3) is 0 Å². The molecule has 1 rings (SSSR count). The van der Waals surface area contributed by atoms with Crippen molar-refractivity contribution in [3.05, 3.63) is 24.3 Å². The summed E-state index contributed by atoms with van der Waals surface area (Å²) in [5, 5.41) is 0. The minimum atomic E-state index is -2.77. The molecule has 4 heteroatoms. The standard InChI is InChI=1S/C8H12BNO2/c1-11-9(12-2)7-3-5-8(10)6-4-7/h3-6H,10H2,1-2H3/i1D3,2D3. The number of rotatable bonds is 3. The number of nitrogens with two attached hydrogens (primary N) is 1. The molecule has 0 heterocycles. The highest BCUT2D eigenvalue weighted by Crippen LogP contribution is 1.98. The smallest absolute Gasteiger partial charge is 0.410 e. The van der Waals surface area contributed by atoms with Crippen molar-refractivity contribution in [3.8, 4) is 0 Å². The van der Waals surface area contributed by atoms with Gasteiger partial charge < -0.3 is 15.0 Å². The SMILES string of the molecule is [2H]C([2H])([2H])OB(OC([2H])([2H])[2H])c1ccc(N)cc1. The molecule has 0 aliphatic rings. The van der Waals surface area contributed by atoms with Crippen LogP contribution in [-0.2, 0) is 9.31 Å². The van der Waals surface area contributed by atoms with Gasteiger partial charge in [-0.15, -0.1) is 0 Å². The van der Waals surface area contributed by atoms with Crippen molar-refractivity contribution < 1.29 is 17.5 Å². The van der Waals surface area contributed by atoms with Crippen LogP contribution in [0.4, 0.5) is 5.69 Å². The van der Waals surface area contributed by atoms with Crippen LogP contribution in [0.15, 0.2) is 24.3 Å². The Morgan fingerprint density at radius 1 is 1.25 bits per heavy atom.